The Kier molecular flexibility index (Phi) is 5.11. The van der Waals surface area contributed by atoms with Crippen molar-refractivity contribution in [2.24, 2.45) is 0 Å². The molecule has 124 valence electrons. The number of likely N-dealkylation sites (N-methyl/N-ethyl adjacent to an activating group) is 1. The van der Waals surface area contributed by atoms with Gasteiger partial charge in [-0.1, -0.05) is 12.1 Å². The van der Waals surface area contributed by atoms with Gasteiger partial charge in [-0.25, -0.2) is 0 Å². The fourth-order valence-corrected chi connectivity index (χ4v) is 2.11. The molecule has 0 radical (unpaired) electrons. The Hall–Kier alpha value is -2.27. The van der Waals surface area contributed by atoms with Crippen LogP contribution in [0, 0.1) is 6.92 Å². The fraction of sp³-hybridized carbons (Fsp3) is 0.389. The molecule has 5 heteroatoms. The first kappa shape index (κ1) is 17.1. The van der Waals surface area contributed by atoms with Crippen LogP contribution in [-0.4, -0.2) is 29.6 Å². The largest absolute Gasteiger partial charge is 0.484 e. The highest BCUT2D eigenvalue weighted by atomic mass is 16.5. The predicted octanol–water partition coefficient (Wildman–Crippen LogP) is 2.85. The Morgan fingerprint density at radius 2 is 1.87 bits per heavy atom. The van der Waals surface area contributed by atoms with E-state index in [1.54, 1.807) is 50.1 Å². The summed E-state index contributed by atoms with van der Waals surface area (Å²) < 4.78 is 10.9. The molecule has 0 fully saturated rings. The maximum atomic E-state index is 12.1. The molecule has 0 spiro atoms. The quantitative estimate of drug-likeness (QED) is 0.890. The predicted molar refractivity (Wildman–Crippen MR) is 87.1 cm³/mol. The lowest BCUT2D eigenvalue weighted by Gasteiger charge is -2.18. The molecule has 0 unspecified atom stereocenters. The summed E-state index contributed by atoms with van der Waals surface area (Å²) in [5.41, 5.74) is -0.100. The van der Waals surface area contributed by atoms with E-state index in [9.17, 15) is 9.90 Å². The molecule has 1 aromatic heterocycles. The van der Waals surface area contributed by atoms with Crippen LogP contribution in [0.4, 0.5) is 0 Å². The van der Waals surface area contributed by atoms with Crippen LogP contribution in [0.25, 0.3) is 0 Å². The third-order valence-electron chi connectivity index (χ3n) is 3.54. The number of aryl methyl sites for hydroxylation is 1. The highest BCUT2D eigenvalue weighted by molar-refractivity contribution is 5.77. The number of carbonyl (C=O) groups is 1. The van der Waals surface area contributed by atoms with Crippen molar-refractivity contribution >= 4 is 5.91 Å². The van der Waals surface area contributed by atoms with Crippen LogP contribution < -0.4 is 4.74 Å². The van der Waals surface area contributed by atoms with Crippen molar-refractivity contribution in [3.05, 3.63) is 53.5 Å². The van der Waals surface area contributed by atoms with Crippen LogP contribution in [0.1, 0.15) is 30.9 Å². The molecule has 1 amide bonds. The minimum atomic E-state index is -0.893. The van der Waals surface area contributed by atoms with Crippen LogP contribution in [-0.2, 0) is 16.9 Å². The van der Waals surface area contributed by atoms with Crippen molar-refractivity contribution in [1.82, 2.24) is 4.90 Å². The Bertz CT molecular complexity index is 652. The minimum absolute atomic E-state index is 0.0436. The van der Waals surface area contributed by atoms with Gasteiger partial charge in [0.25, 0.3) is 5.91 Å². The SMILES string of the molecule is Cc1ccc(CN(C)C(=O)COc2ccc(C(C)(C)O)cc2)o1. The second-order valence-corrected chi connectivity index (χ2v) is 6.13. The Morgan fingerprint density at radius 3 is 2.39 bits per heavy atom. The van der Waals surface area contributed by atoms with Gasteiger partial charge in [0.05, 0.1) is 12.1 Å². The zero-order chi connectivity index (χ0) is 17.0. The van der Waals surface area contributed by atoms with E-state index in [-0.39, 0.29) is 12.5 Å². The fourth-order valence-electron chi connectivity index (χ4n) is 2.11. The molecule has 1 heterocycles. The number of hydrogen-bond donors (Lipinski definition) is 1. The molecule has 0 bridgehead atoms. The summed E-state index contributed by atoms with van der Waals surface area (Å²) in [5.74, 6) is 2.02. The zero-order valence-electron chi connectivity index (χ0n) is 14.0. The van der Waals surface area contributed by atoms with E-state index in [4.69, 9.17) is 9.15 Å². The van der Waals surface area contributed by atoms with E-state index in [0.29, 0.717) is 12.3 Å². The second-order valence-electron chi connectivity index (χ2n) is 6.13. The molecule has 1 aromatic carbocycles. The molecule has 0 atom stereocenters. The Labute approximate surface area is 136 Å². The second kappa shape index (κ2) is 6.87. The highest BCUT2D eigenvalue weighted by Gasteiger charge is 2.16. The average molecular weight is 317 g/mol. The smallest absolute Gasteiger partial charge is 0.260 e. The molecule has 5 nitrogen and oxygen atoms in total. The maximum absolute atomic E-state index is 12.1. The third-order valence-corrected chi connectivity index (χ3v) is 3.54. The van der Waals surface area contributed by atoms with E-state index in [0.717, 1.165) is 17.1 Å². The van der Waals surface area contributed by atoms with Gasteiger partial charge in [-0.15, -0.1) is 0 Å². The molecule has 0 aliphatic rings. The summed E-state index contributed by atoms with van der Waals surface area (Å²) in [6, 6.07) is 10.8. The lowest BCUT2D eigenvalue weighted by Crippen LogP contribution is -2.30. The first-order valence-electron chi connectivity index (χ1n) is 7.50. The standard InChI is InChI=1S/C18H23NO4/c1-13-5-8-16(23-13)11-19(4)17(20)12-22-15-9-6-14(7-10-15)18(2,3)21/h5-10,21H,11-12H2,1-4H3. The molecule has 23 heavy (non-hydrogen) atoms. The number of furan rings is 1. The summed E-state index contributed by atoms with van der Waals surface area (Å²) in [6.07, 6.45) is 0. The molecule has 1 N–H and O–H groups in total. The first-order valence-corrected chi connectivity index (χ1v) is 7.50. The lowest BCUT2D eigenvalue weighted by molar-refractivity contribution is -0.132. The van der Waals surface area contributed by atoms with Gasteiger partial charge in [-0.3, -0.25) is 4.79 Å². The van der Waals surface area contributed by atoms with Gasteiger partial charge in [0.1, 0.15) is 17.3 Å². The third kappa shape index (κ3) is 4.86. The van der Waals surface area contributed by atoms with Crippen molar-refractivity contribution in [3.8, 4) is 5.75 Å². The summed E-state index contributed by atoms with van der Waals surface area (Å²) in [7, 11) is 1.71. The van der Waals surface area contributed by atoms with Crippen LogP contribution in [0.5, 0.6) is 5.75 Å². The number of benzene rings is 1. The van der Waals surface area contributed by atoms with Crippen molar-refractivity contribution in [1.29, 1.82) is 0 Å². The average Bonchev–Trinajstić information content (AvgIpc) is 2.89. The Morgan fingerprint density at radius 1 is 1.22 bits per heavy atom. The Balaban J connectivity index is 1.86. The van der Waals surface area contributed by atoms with Gasteiger partial charge in [-0.2, -0.15) is 0 Å². The molecular formula is C18H23NO4. The molecule has 0 saturated carbocycles. The summed E-state index contributed by atoms with van der Waals surface area (Å²) in [5, 5.41) is 9.90. The number of rotatable bonds is 6. The number of ether oxygens (including phenoxy) is 1. The van der Waals surface area contributed by atoms with E-state index >= 15 is 0 Å². The highest BCUT2D eigenvalue weighted by Crippen LogP contribution is 2.22. The van der Waals surface area contributed by atoms with Crippen LogP contribution in [0.3, 0.4) is 0 Å². The van der Waals surface area contributed by atoms with Gasteiger partial charge >= 0.3 is 0 Å². The summed E-state index contributed by atoms with van der Waals surface area (Å²) in [4.78, 5) is 13.6. The molecule has 0 aliphatic heterocycles. The molecule has 0 aliphatic carbocycles. The van der Waals surface area contributed by atoms with Crippen LogP contribution in [0.2, 0.25) is 0 Å². The van der Waals surface area contributed by atoms with E-state index in [1.165, 1.54) is 0 Å². The minimum Gasteiger partial charge on any atom is -0.484 e. The summed E-state index contributed by atoms with van der Waals surface area (Å²) in [6.45, 7) is 5.67. The molecular weight excluding hydrogens is 294 g/mol. The van der Waals surface area contributed by atoms with Crippen molar-refractivity contribution in [2.45, 2.75) is 32.9 Å². The number of amides is 1. The molecule has 2 rings (SSSR count). The summed E-state index contributed by atoms with van der Waals surface area (Å²) >= 11 is 0. The normalized spacial score (nSPS) is 11.3. The van der Waals surface area contributed by atoms with Crippen LogP contribution >= 0.6 is 0 Å². The van der Waals surface area contributed by atoms with Gasteiger partial charge in [0.15, 0.2) is 6.61 Å². The number of hydrogen-bond acceptors (Lipinski definition) is 4. The zero-order valence-corrected chi connectivity index (χ0v) is 14.0. The van der Waals surface area contributed by atoms with Crippen molar-refractivity contribution < 1.29 is 19.1 Å². The van der Waals surface area contributed by atoms with Gasteiger partial charge in [-0.05, 0) is 50.6 Å². The number of aliphatic hydroxyl groups is 1. The molecule has 2 aromatic rings. The van der Waals surface area contributed by atoms with Crippen LogP contribution in [0.15, 0.2) is 40.8 Å². The maximum Gasteiger partial charge on any atom is 0.260 e. The van der Waals surface area contributed by atoms with Crippen molar-refractivity contribution in [3.63, 3.8) is 0 Å². The number of nitrogens with zero attached hydrogens (tertiary/aromatic N) is 1. The van der Waals surface area contributed by atoms with Gasteiger partial charge in [0.2, 0.25) is 0 Å². The topological polar surface area (TPSA) is 62.9 Å². The van der Waals surface area contributed by atoms with E-state index < -0.39 is 5.60 Å². The number of carbonyl (C=O) groups excluding carboxylic acids is 1. The van der Waals surface area contributed by atoms with E-state index in [2.05, 4.69) is 0 Å². The molecule has 0 saturated heterocycles. The van der Waals surface area contributed by atoms with Gasteiger partial charge in [0, 0.05) is 7.05 Å². The van der Waals surface area contributed by atoms with Crippen molar-refractivity contribution in [2.75, 3.05) is 13.7 Å². The first-order chi connectivity index (χ1) is 10.8. The monoisotopic (exact) mass is 317 g/mol. The lowest BCUT2D eigenvalue weighted by atomic mass is 9.99. The van der Waals surface area contributed by atoms with Gasteiger partial charge < -0.3 is 19.2 Å². The van der Waals surface area contributed by atoms with E-state index in [1.807, 2.05) is 19.1 Å².